The van der Waals surface area contributed by atoms with E-state index in [1.165, 1.54) is 6.20 Å². The Labute approximate surface area is 206 Å². The van der Waals surface area contributed by atoms with Gasteiger partial charge in [0.05, 0.1) is 35.4 Å². The van der Waals surface area contributed by atoms with Gasteiger partial charge < -0.3 is 9.80 Å². The summed E-state index contributed by atoms with van der Waals surface area (Å²) in [6.45, 7) is 7.75. The van der Waals surface area contributed by atoms with E-state index in [0.717, 1.165) is 66.5 Å². The van der Waals surface area contributed by atoms with Crippen LogP contribution in [-0.2, 0) is 6.42 Å². The number of allylic oxidation sites excluding steroid dienone is 2. The second-order valence-corrected chi connectivity index (χ2v) is 8.38. The molecule has 2 aromatic carbocycles. The molecule has 0 unspecified atom stereocenters. The van der Waals surface area contributed by atoms with Gasteiger partial charge in [0, 0.05) is 43.5 Å². The lowest BCUT2D eigenvalue weighted by molar-refractivity contribution is 0.312. The molecule has 1 aliphatic heterocycles. The average Bonchev–Trinajstić information content (AvgIpc) is 2.91. The molecule has 1 fully saturated rings. The summed E-state index contributed by atoms with van der Waals surface area (Å²) in [7, 11) is 2.15. The number of likely N-dealkylation sites (N-methyl/N-ethyl adjacent to an activating group) is 1. The van der Waals surface area contributed by atoms with Crippen molar-refractivity contribution < 1.29 is 0 Å². The van der Waals surface area contributed by atoms with E-state index >= 15 is 0 Å². The van der Waals surface area contributed by atoms with Crippen LogP contribution in [-0.4, -0.2) is 53.8 Å². The van der Waals surface area contributed by atoms with E-state index in [2.05, 4.69) is 68.2 Å². The van der Waals surface area contributed by atoms with E-state index < -0.39 is 0 Å². The van der Waals surface area contributed by atoms with Crippen LogP contribution in [0.15, 0.2) is 91.0 Å². The standard InChI is InChI=1S/C28H29N7/c1-3-32-33-27(24-10-5-9-23(18-24)19-29)12-6-8-22-7-4-11-25(17-22)28-30-20-26(21-31-28)35-15-13-34(2)14-16-35/h3-7,9-12,17-18,20-21,32H,1,8,13-16H2,2H3/b12-6-,33-27+. The third kappa shape index (κ3) is 6.40. The minimum absolute atomic E-state index is 0.591. The van der Waals surface area contributed by atoms with E-state index in [1.807, 2.05) is 48.8 Å². The molecule has 1 saturated heterocycles. The number of aromatic nitrogens is 2. The second kappa shape index (κ2) is 11.7. The molecule has 1 N–H and O–H groups in total. The molecule has 176 valence electrons. The summed E-state index contributed by atoms with van der Waals surface area (Å²) in [5.41, 5.74) is 8.17. The summed E-state index contributed by atoms with van der Waals surface area (Å²) in [4.78, 5) is 13.9. The van der Waals surface area contributed by atoms with E-state index in [4.69, 9.17) is 0 Å². The Morgan fingerprint density at radius 2 is 1.89 bits per heavy atom. The molecule has 0 spiro atoms. The number of hydrogen-bond acceptors (Lipinski definition) is 7. The van der Waals surface area contributed by atoms with E-state index in [9.17, 15) is 5.26 Å². The fourth-order valence-electron chi connectivity index (χ4n) is 3.90. The molecule has 0 atom stereocenters. The van der Waals surface area contributed by atoms with Crippen LogP contribution in [0.3, 0.4) is 0 Å². The van der Waals surface area contributed by atoms with Gasteiger partial charge in [-0.3, -0.25) is 5.43 Å². The molecular formula is C28H29N7. The molecular weight excluding hydrogens is 434 g/mol. The number of hydrogen-bond donors (Lipinski definition) is 1. The van der Waals surface area contributed by atoms with Crippen molar-refractivity contribution in [1.82, 2.24) is 20.3 Å². The zero-order valence-corrected chi connectivity index (χ0v) is 19.9. The highest BCUT2D eigenvalue weighted by Crippen LogP contribution is 2.20. The molecule has 0 bridgehead atoms. The summed E-state index contributed by atoms with van der Waals surface area (Å²) in [6.07, 6.45) is 10.1. The number of piperazine rings is 1. The summed E-state index contributed by atoms with van der Waals surface area (Å²) >= 11 is 0. The normalized spacial score (nSPS) is 14.6. The number of rotatable bonds is 8. The minimum atomic E-state index is 0.591. The van der Waals surface area contributed by atoms with Gasteiger partial charge in [0.1, 0.15) is 0 Å². The first-order valence-electron chi connectivity index (χ1n) is 11.6. The Kier molecular flexibility index (Phi) is 8.00. The molecule has 35 heavy (non-hydrogen) atoms. The predicted molar refractivity (Wildman–Crippen MR) is 141 cm³/mol. The lowest BCUT2D eigenvalue weighted by atomic mass is 10.0. The zero-order valence-electron chi connectivity index (χ0n) is 19.9. The quantitative estimate of drug-likeness (QED) is 0.402. The number of anilines is 1. The van der Waals surface area contributed by atoms with Crippen LogP contribution in [0.25, 0.3) is 11.4 Å². The largest absolute Gasteiger partial charge is 0.366 e. The average molecular weight is 464 g/mol. The molecule has 7 nitrogen and oxygen atoms in total. The van der Waals surface area contributed by atoms with Crippen LogP contribution in [0.4, 0.5) is 5.69 Å². The third-order valence-electron chi connectivity index (χ3n) is 5.88. The van der Waals surface area contributed by atoms with Gasteiger partial charge in [0.25, 0.3) is 0 Å². The van der Waals surface area contributed by atoms with Crippen molar-refractivity contribution in [2.45, 2.75) is 6.42 Å². The summed E-state index contributed by atoms with van der Waals surface area (Å²) in [6, 6.07) is 17.8. The van der Waals surface area contributed by atoms with Crippen molar-refractivity contribution in [3.63, 3.8) is 0 Å². The highest BCUT2D eigenvalue weighted by Gasteiger charge is 2.15. The molecule has 1 aromatic heterocycles. The monoisotopic (exact) mass is 463 g/mol. The van der Waals surface area contributed by atoms with Crippen molar-refractivity contribution in [3.05, 3.63) is 103 Å². The van der Waals surface area contributed by atoms with Gasteiger partial charge in [0.15, 0.2) is 5.82 Å². The minimum Gasteiger partial charge on any atom is -0.366 e. The Morgan fingerprint density at radius 1 is 1.11 bits per heavy atom. The lowest BCUT2D eigenvalue weighted by Gasteiger charge is -2.33. The van der Waals surface area contributed by atoms with E-state index in [-0.39, 0.29) is 0 Å². The topological polar surface area (TPSA) is 80.4 Å². The van der Waals surface area contributed by atoms with Crippen molar-refractivity contribution in [2.24, 2.45) is 5.10 Å². The molecule has 0 amide bonds. The van der Waals surface area contributed by atoms with E-state index in [1.54, 1.807) is 6.07 Å². The molecule has 7 heteroatoms. The number of nitriles is 1. The maximum absolute atomic E-state index is 9.20. The summed E-state index contributed by atoms with van der Waals surface area (Å²) < 4.78 is 0. The first kappa shape index (κ1) is 23.9. The zero-order chi connectivity index (χ0) is 24.5. The van der Waals surface area contributed by atoms with Crippen molar-refractivity contribution in [2.75, 3.05) is 38.1 Å². The molecule has 1 aliphatic rings. The van der Waals surface area contributed by atoms with Crippen LogP contribution in [0.5, 0.6) is 0 Å². The van der Waals surface area contributed by atoms with Crippen LogP contribution in [0.2, 0.25) is 0 Å². The van der Waals surface area contributed by atoms with Gasteiger partial charge in [-0.1, -0.05) is 43.0 Å². The molecule has 0 aliphatic carbocycles. The third-order valence-corrected chi connectivity index (χ3v) is 5.88. The van der Waals surface area contributed by atoms with Crippen molar-refractivity contribution in [3.8, 4) is 17.5 Å². The van der Waals surface area contributed by atoms with Gasteiger partial charge >= 0.3 is 0 Å². The van der Waals surface area contributed by atoms with E-state index in [0.29, 0.717) is 5.56 Å². The van der Waals surface area contributed by atoms with Crippen molar-refractivity contribution in [1.29, 1.82) is 5.26 Å². The molecule has 3 aromatic rings. The smallest absolute Gasteiger partial charge is 0.159 e. The number of hydrazone groups is 1. The molecule has 0 saturated carbocycles. The SMILES string of the molecule is C=CN/N=C(\C=C/Cc1cccc(-c2ncc(N3CCN(C)CC3)cn2)c1)c1cccc(C#N)c1. The second-order valence-electron chi connectivity index (χ2n) is 8.38. The number of nitrogens with one attached hydrogen (secondary N) is 1. The van der Waals surface area contributed by atoms with Crippen LogP contribution in [0.1, 0.15) is 16.7 Å². The van der Waals surface area contributed by atoms with Crippen LogP contribution in [0, 0.1) is 11.3 Å². The number of nitrogens with zero attached hydrogens (tertiary/aromatic N) is 6. The Balaban J connectivity index is 1.45. The fraction of sp³-hybridized carbons (Fsp3) is 0.214. The summed E-state index contributed by atoms with van der Waals surface area (Å²) in [5, 5.41) is 13.6. The first-order valence-corrected chi connectivity index (χ1v) is 11.6. The maximum Gasteiger partial charge on any atom is 0.159 e. The summed E-state index contributed by atoms with van der Waals surface area (Å²) in [5.74, 6) is 0.722. The Hall–Kier alpha value is -4.28. The van der Waals surface area contributed by atoms with Gasteiger partial charge in [-0.05, 0) is 43.3 Å². The molecule has 2 heterocycles. The van der Waals surface area contributed by atoms with Gasteiger partial charge in [-0.2, -0.15) is 10.4 Å². The predicted octanol–water partition coefficient (Wildman–Crippen LogP) is 4.00. The van der Waals surface area contributed by atoms with Gasteiger partial charge in [-0.25, -0.2) is 9.97 Å². The molecule has 0 radical (unpaired) electrons. The van der Waals surface area contributed by atoms with Gasteiger partial charge in [0.2, 0.25) is 0 Å². The number of benzene rings is 2. The van der Waals surface area contributed by atoms with Crippen LogP contribution < -0.4 is 10.3 Å². The fourth-order valence-corrected chi connectivity index (χ4v) is 3.90. The van der Waals surface area contributed by atoms with Crippen LogP contribution >= 0.6 is 0 Å². The lowest BCUT2D eigenvalue weighted by Crippen LogP contribution is -2.44. The molecule has 4 rings (SSSR count). The first-order chi connectivity index (χ1) is 17.2. The highest BCUT2D eigenvalue weighted by atomic mass is 15.3. The Morgan fingerprint density at radius 3 is 2.63 bits per heavy atom. The highest BCUT2D eigenvalue weighted by molar-refractivity contribution is 6.08. The Bertz CT molecular complexity index is 1250. The maximum atomic E-state index is 9.20. The van der Waals surface area contributed by atoms with Crippen molar-refractivity contribution >= 4 is 11.4 Å². The van der Waals surface area contributed by atoms with Gasteiger partial charge in [-0.15, -0.1) is 0 Å².